The Morgan fingerprint density at radius 2 is 1.90 bits per heavy atom. The number of rotatable bonds is 3. The summed E-state index contributed by atoms with van der Waals surface area (Å²) in [6.07, 6.45) is 1.81. The van der Waals surface area contributed by atoms with Crippen molar-refractivity contribution in [2.24, 2.45) is 0 Å². The number of hydrogen-bond donors (Lipinski definition) is 1. The number of hydrogen-bond acceptors (Lipinski definition) is 3. The Hall–Kier alpha value is -2.56. The van der Waals surface area contributed by atoms with E-state index in [0.717, 1.165) is 18.4 Å². The number of nitrogens with zero attached hydrogens (tertiary/aromatic N) is 1. The Balaban J connectivity index is 1.83. The van der Waals surface area contributed by atoms with Gasteiger partial charge in [-0.25, -0.2) is 4.79 Å². The van der Waals surface area contributed by atoms with Crippen molar-refractivity contribution in [2.75, 3.05) is 7.05 Å². The molecule has 0 saturated heterocycles. The lowest BCUT2D eigenvalue weighted by atomic mass is 10.1. The molecule has 5 nitrogen and oxygen atoms in total. The van der Waals surface area contributed by atoms with Crippen LogP contribution >= 0.6 is 0 Å². The minimum Gasteiger partial charge on any atom is -0.475 e. The Labute approximate surface area is 121 Å². The van der Waals surface area contributed by atoms with Gasteiger partial charge in [-0.15, -0.1) is 0 Å². The van der Waals surface area contributed by atoms with Crippen LogP contribution in [0.2, 0.25) is 0 Å². The number of carbonyl (C=O) groups is 2. The summed E-state index contributed by atoms with van der Waals surface area (Å²) in [5, 5.41) is 8.84. The Morgan fingerprint density at radius 1 is 1.19 bits per heavy atom. The third kappa shape index (κ3) is 2.31. The van der Waals surface area contributed by atoms with E-state index in [2.05, 4.69) is 6.07 Å². The fourth-order valence-corrected chi connectivity index (χ4v) is 2.82. The smallest absolute Gasteiger partial charge is 0.371 e. The number of amides is 1. The van der Waals surface area contributed by atoms with Crippen molar-refractivity contribution < 1.29 is 19.1 Å². The monoisotopic (exact) mass is 285 g/mol. The fraction of sp³-hybridized carbons (Fsp3) is 0.250. The van der Waals surface area contributed by atoms with Gasteiger partial charge >= 0.3 is 5.97 Å². The largest absolute Gasteiger partial charge is 0.475 e. The highest BCUT2D eigenvalue weighted by Crippen LogP contribution is 2.35. The maximum Gasteiger partial charge on any atom is 0.371 e. The topological polar surface area (TPSA) is 70.8 Å². The lowest BCUT2D eigenvalue weighted by Crippen LogP contribution is -2.29. The average Bonchev–Trinajstić information content (AvgIpc) is 3.12. The van der Waals surface area contributed by atoms with Crippen LogP contribution in [0.4, 0.5) is 0 Å². The third-order valence-electron chi connectivity index (χ3n) is 3.92. The molecular weight excluding hydrogens is 270 g/mol. The van der Waals surface area contributed by atoms with Gasteiger partial charge < -0.3 is 14.4 Å². The molecule has 0 bridgehead atoms. The highest BCUT2D eigenvalue weighted by atomic mass is 16.4. The minimum atomic E-state index is -1.18. The normalized spacial score (nSPS) is 16.5. The number of carbonyl (C=O) groups excluding carboxylic acids is 1. The zero-order chi connectivity index (χ0) is 15.0. The summed E-state index contributed by atoms with van der Waals surface area (Å²) in [5.74, 6) is -1.65. The number of aryl methyl sites for hydroxylation is 1. The predicted molar refractivity (Wildman–Crippen MR) is 75.3 cm³/mol. The second-order valence-corrected chi connectivity index (χ2v) is 5.14. The summed E-state index contributed by atoms with van der Waals surface area (Å²) < 4.78 is 5.08. The zero-order valence-corrected chi connectivity index (χ0v) is 11.6. The summed E-state index contributed by atoms with van der Waals surface area (Å²) in [6.45, 7) is 0. The van der Waals surface area contributed by atoms with E-state index in [1.54, 1.807) is 11.9 Å². The number of aromatic carboxylic acids is 1. The van der Waals surface area contributed by atoms with Crippen LogP contribution in [0.3, 0.4) is 0 Å². The average molecular weight is 285 g/mol. The number of furan rings is 1. The summed E-state index contributed by atoms with van der Waals surface area (Å²) in [4.78, 5) is 24.8. The summed E-state index contributed by atoms with van der Waals surface area (Å²) in [6, 6.07) is 10.8. The maximum atomic E-state index is 12.4. The van der Waals surface area contributed by atoms with Crippen LogP contribution in [-0.2, 0) is 6.42 Å². The quantitative estimate of drug-likeness (QED) is 0.941. The highest BCUT2D eigenvalue weighted by molar-refractivity contribution is 5.93. The molecule has 5 heteroatoms. The first-order valence-corrected chi connectivity index (χ1v) is 6.76. The summed E-state index contributed by atoms with van der Waals surface area (Å²) >= 11 is 0. The van der Waals surface area contributed by atoms with Gasteiger partial charge in [-0.1, -0.05) is 24.3 Å². The van der Waals surface area contributed by atoms with E-state index in [1.165, 1.54) is 17.7 Å². The molecule has 1 atom stereocenters. The van der Waals surface area contributed by atoms with Crippen LogP contribution < -0.4 is 0 Å². The van der Waals surface area contributed by atoms with Gasteiger partial charge in [0, 0.05) is 7.05 Å². The lowest BCUT2D eigenvalue weighted by molar-refractivity contribution is 0.0644. The zero-order valence-electron chi connectivity index (χ0n) is 11.6. The molecule has 0 unspecified atom stereocenters. The Morgan fingerprint density at radius 3 is 2.62 bits per heavy atom. The first-order chi connectivity index (χ1) is 10.1. The molecule has 1 amide bonds. The van der Waals surface area contributed by atoms with Crippen molar-refractivity contribution >= 4 is 11.9 Å². The standard InChI is InChI=1S/C16H15NO4/c1-17(12-7-6-10-4-2-3-5-11(10)12)15(18)13-8-9-14(21-13)16(19)20/h2-5,8-9,12H,6-7H2,1H3,(H,19,20)/t12-/m1/s1. The Kier molecular flexibility index (Phi) is 3.25. The van der Waals surface area contributed by atoms with Crippen LogP contribution in [-0.4, -0.2) is 28.9 Å². The molecule has 2 aromatic rings. The van der Waals surface area contributed by atoms with E-state index in [9.17, 15) is 9.59 Å². The van der Waals surface area contributed by atoms with Crippen molar-refractivity contribution in [1.82, 2.24) is 4.90 Å². The molecule has 1 aromatic heterocycles. The van der Waals surface area contributed by atoms with Gasteiger partial charge in [0.2, 0.25) is 5.76 Å². The van der Waals surface area contributed by atoms with Crippen molar-refractivity contribution in [2.45, 2.75) is 18.9 Å². The SMILES string of the molecule is CN(C(=O)c1ccc(C(=O)O)o1)[C@@H]1CCc2ccccc21. The van der Waals surface area contributed by atoms with Crippen LogP contribution in [0, 0.1) is 0 Å². The molecule has 1 aromatic carbocycles. The fourth-order valence-electron chi connectivity index (χ4n) is 2.82. The van der Waals surface area contributed by atoms with Gasteiger partial charge in [-0.2, -0.15) is 0 Å². The lowest BCUT2D eigenvalue weighted by Gasteiger charge is -2.24. The first kappa shape index (κ1) is 13.4. The molecule has 0 aliphatic heterocycles. The van der Waals surface area contributed by atoms with Crippen molar-refractivity contribution in [3.8, 4) is 0 Å². The highest BCUT2D eigenvalue weighted by Gasteiger charge is 2.30. The molecule has 0 radical (unpaired) electrons. The van der Waals surface area contributed by atoms with E-state index in [0.29, 0.717) is 0 Å². The molecular formula is C16H15NO4. The molecule has 1 aliphatic carbocycles. The second kappa shape index (κ2) is 5.09. The van der Waals surface area contributed by atoms with E-state index in [1.807, 2.05) is 18.2 Å². The number of benzene rings is 1. The number of carboxylic acids is 1. The van der Waals surface area contributed by atoms with Crippen molar-refractivity contribution in [1.29, 1.82) is 0 Å². The molecule has 108 valence electrons. The molecule has 0 fully saturated rings. The molecule has 21 heavy (non-hydrogen) atoms. The predicted octanol–water partition coefficient (Wildman–Crippen LogP) is 2.74. The van der Waals surface area contributed by atoms with Crippen molar-refractivity contribution in [3.63, 3.8) is 0 Å². The van der Waals surface area contributed by atoms with E-state index >= 15 is 0 Å². The maximum absolute atomic E-state index is 12.4. The number of fused-ring (bicyclic) bond motifs is 1. The van der Waals surface area contributed by atoms with Gasteiger partial charge in [0.15, 0.2) is 5.76 Å². The minimum absolute atomic E-state index is 0.00655. The van der Waals surface area contributed by atoms with Crippen LogP contribution in [0.15, 0.2) is 40.8 Å². The van der Waals surface area contributed by atoms with E-state index < -0.39 is 5.97 Å². The molecule has 1 N–H and O–H groups in total. The van der Waals surface area contributed by atoms with Crippen LogP contribution in [0.5, 0.6) is 0 Å². The first-order valence-electron chi connectivity index (χ1n) is 6.76. The number of carboxylic acid groups (broad SMARTS) is 1. The van der Waals surface area contributed by atoms with Gasteiger partial charge in [0.25, 0.3) is 5.91 Å². The third-order valence-corrected chi connectivity index (χ3v) is 3.92. The van der Waals surface area contributed by atoms with Gasteiger partial charge in [-0.05, 0) is 36.1 Å². The second-order valence-electron chi connectivity index (χ2n) is 5.14. The van der Waals surface area contributed by atoms with Gasteiger partial charge in [-0.3, -0.25) is 4.79 Å². The van der Waals surface area contributed by atoms with Crippen LogP contribution in [0.1, 0.15) is 44.7 Å². The summed E-state index contributed by atoms with van der Waals surface area (Å²) in [7, 11) is 1.72. The van der Waals surface area contributed by atoms with Crippen LogP contribution in [0.25, 0.3) is 0 Å². The van der Waals surface area contributed by atoms with Gasteiger partial charge in [0.1, 0.15) is 0 Å². The van der Waals surface area contributed by atoms with E-state index in [-0.39, 0.29) is 23.5 Å². The van der Waals surface area contributed by atoms with Gasteiger partial charge in [0.05, 0.1) is 6.04 Å². The molecule has 1 heterocycles. The molecule has 0 saturated carbocycles. The Bertz CT molecular complexity index is 704. The molecule has 0 spiro atoms. The summed E-state index contributed by atoms with van der Waals surface area (Å²) in [5.41, 5.74) is 2.41. The van der Waals surface area contributed by atoms with E-state index in [4.69, 9.17) is 9.52 Å². The van der Waals surface area contributed by atoms with Crippen molar-refractivity contribution in [3.05, 3.63) is 59.0 Å². The molecule has 3 rings (SSSR count). The molecule has 1 aliphatic rings.